The van der Waals surface area contributed by atoms with Crippen LogP contribution in [0.15, 0.2) is 54.6 Å². The minimum atomic E-state index is -1.25. The van der Waals surface area contributed by atoms with Gasteiger partial charge in [0.05, 0.1) is 0 Å². The lowest BCUT2D eigenvalue weighted by Crippen LogP contribution is -2.59. The zero-order valence-electron chi connectivity index (χ0n) is 31.8. The molecule has 302 valence electrons. The van der Waals surface area contributed by atoms with Gasteiger partial charge in [-0.15, -0.1) is 0 Å². The van der Waals surface area contributed by atoms with Crippen LogP contribution in [0.2, 0.25) is 0 Å². The van der Waals surface area contributed by atoms with E-state index in [-0.39, 0.29) is 37.4 Å². The number of carboxylic acids is 1. The lowest BCUT2D eigenvalue weighted by molar-refractivity contribution is -0.142. The Kier molecular flexibility index (Phi) is 20.7. The number of carbonyl (C=O) groups excluding carboxylic acids is 6. The first-order chi connectivity index (χ1) is 26.2. The molecule has 0 aliphatic carbocycles. The Labute approximate surface area is 330 Å². The maximum absolute atomic E-state index is 13.8. The molecule has 0 bridgehead atoms. The highest BCUT2D eigenvalue weighted by atomic mass is 32.2. The minimum absolute atomic E-state index is 0.00591. The molecule has 2 aromatic rings. The summed E-state index contributed by atoms with van der Waals surface area (Å²) in [5.41, 5.74) is 1.28. The van der Waals surface area contributed by atoms with Gasteiger partial charge in [0.15, 0.2) is 0 Å². The van der Waals surface area contributed by atoms with Gasteiger partial charge in [-0.05, 0) is 79.4 Å². The number of benzene rings is 2. The van der Waals surface area contributed by atoms with E-state index in [9.17, 15) is 43.8 Å². The Morgan fingerprint density at radius 1 is 0.618 bits per heavy atom. The third-order valence-electron chi connectivity index (χ3n) is 8.44. The molecule has 0 saturated heterocycles. The number of hydrogen-bond donors (Lipinski definition) is 8. The van der Waals surface area contributed by atoms with Gasteiger partial charge >= 0.3 is 5.97 Å². The fraction of sp³-hybridized carbons (Fsp3) is 0.500. The summed E-state index contributed by atoms with van der Waals surface area (Å²) in [4.78, 5) is 90.7. The van der Waals surface area contributed by atoms with E-state index in [1.807, 2.05) is 26.4 Å². The maximum atomic E-state index is 13.8. The van der Waals surface area contributed by atoms with Crippen LogP contribution in [0.5, 0.6) is 5.75 Å². The van der Waals surface area contributed by atoms with Crippen LogP contribution < -0.4 is 31.9 Å². The normalized spacial score (nSPS) is 14.2. The molecule has 0 saturated carbocycles. The molecular weight excluding hydrogens is 749 g/mol. The average Bonchev–Trinajstić information content (AvgIpc) is 3.14. The highest BCUT2D eigenvalue weighted by molar-refractivity contribution is 7.98. The van der Waals surface area contributed by atoms with Crippen molar-refractivity contribution in [2.45, 2.75) is 89.1 Å². The molecule has 2 aromatic carbocycles. The number of phenolic OH excluding ortho intramolecular Hbond substituents is 1. The zero-order chi connectivity index (χ0) is 40.9. The molecule has 0 aliphatic heterocycles. The molecule has 6 amide bonds. The predicted molar refractivity (Wildman–Crippen MR) is 213 cm³/mol. The molecule has 0 spiro atoms. The summed E-state index contributed by atoms with van der Waals surface area (Å²) in [6.07, 6.45) is 4.84. The van der Waals surface area contributed by atoms with E-state index >= 15 is 0 Å². The quantitative estimate of drug-likeness (QED) is 0.0669. The number of carbonyl (C=O) groups is 7. The van der Waals surface area contributed by atoms with Crippen LogP contribution in [-0.4, -0.2) is 112 Å². The first-order valence-electron chi connectivity index (χ1n) is 17.9. The molecule has 0 aliphatic rings. The van der Waals surface area contributed by atoms with E-state index in [1.165, 1.54) is 42.6 Å². The van der Waals surface area contributed by atoms with Crippen molar-refractivity contribution in [1.29, 1.82) is 0 Å². The molecule has 6 atom stereocenters. The molecule has 0 aromatic heterocycles. The van der Waals surface area contributed by atoms with Gasteiger partial charge in [0.25, 0.3) is 0 Å². The lowest BCUT2D eigenvalue weighted by atomic mass is 10.0. The van der Waals surface area contributed by atoms with E-state index in [1.54, 1.807) is 42.5 Å². The third kappa shape index (κ3) is 17.1. The molecule has 0 fully saturated rings. The van der Waals surface area contributed by atoms with Crippen molar-refractivity contribution in [2.24, 2.45) is 5.92 Å². The summed E-state index contributed by atoms with van der Waals surface area (Å²) in [6.45, 7) is 5.08. The second-order valence-corrected chi connectivity index (χ2v) is 15.4. The summed E-state index contributed by atoms with van der Waals surface area (Å²) in [7, 11) is 0. The molecule has 2 rings (SSSR count). The number of thioether (sulfide) groups is 2. The molecule has 0 radical (unpaired) electrons. The van der Waals surface area contributed by atoms with Crippen LogP contribution in [0.1, 0.15) is 51.2 Å². The molecule has 8 N–H and O–H groups in total. The molecule has 55 heavy (non-hydrogen) atoms. The van der Waals surface area contributed by atoms with Crippen molar-refractivity contribution >= 4 is 65.4 Å². The van der Waals surface area contributed by atoms with Gasteiger partial charge in [-0.2, -0.15) is 23.5 Å². The number of carboxylic acid groups (broad SMARTS) is 1. The molecule has 0 heterocycles. The number of amides is 6. The Morgan fingerprint density at radius 2 is 1.09 bits per heavy atom. The van der Waals surface area contributed by atoms with Crippen molar-refractivity contribution in [3.63, 3.8) is 0 Å². The number of aromatic hydroxyl groups is 1. The smallest absolute Gasteiger partial charge is 0.326 e. The summed E-state index contributed by atoms with van der Waals surface area (Å²) in [5.74, 6) is -3.61. The number of phenols is 1. The zero-order valence-corrected chi connectivity index (χ0v) is 33.5. The van der Waals surface area contributed by atoms with Gasteiger partial charge in [-0.1, -0.05) is 56.3 Å². The molecule has 6 unspecified atom stereocenters. The lowest BCUT2D eigenvalue weighted by Gasteiger charge is -2.27. The van der Waals surface area contributed by atoms with Crippen LogP contribution in [-0.2, 0) is 46.4 Å². The van der Waals surface area contributed by atoms with Gasteiger partial charge in [-0.3, -0.25) is 28.8 Å². The van der Waals surface area contributed by atoms with Crippen molar-refractivity contribution < 1.29 is 43.8 Å². The van der Waals surface area contributed by atoms with Gasteiger partial charge in [-0.25, -0.2) is 4.79 Å². The fourth-order valence-electron chi connectivity index (χ4n) is 5.44. The molecule has 17 heteroatoms. The highest BCUT2D eigenvalue weighted by Gasteiger charge is 2.32. The number of aliphatic carboxylic acids is 1. The van der Waals surface area contributed by atoms with Crippen molar-refractivity contribution in [1.82, 2.24) is 31.9 Å². The Hall–Kier alpha value is -4.77. The predicted octanol–water partition coefficient (Wildman–Crippen LogP) is 1.37. The second kappa shape index (κ2) is 24.6. The minimum Gasteiger partial charge on any atom is -0.508 e. The Balaban J connectivity index is 2.25. The van der Waals surface area contributed by atoms with Crippen LogP contribution >= 0.6 is 23.5 Å². The Bertz CT molecular complexity index is 1570. The molecule has 15 nitrogen and oxygen atoms in total. The fourth-order valence-corrected chi connectivity index (χ4v) is 6.38. The summed E-state index contributed by atoms with van der Waals surface area (Å²) >= 11 is 2.95. The van der Waals surface area contributed by atoms with Crippen LogP contribution in [0, 0.1) is 5.92 Å². The maximum Gasteiger partial charge on any atom is 0.326 e. The highest BCUT2D eigenvalue weighted by Crippen LogP contribution is 2.13. The van der Waals surface area contributed by atoms with Crippen LogP contribution in [0.4, 0.5) is 0 Å². The third-order valence-corrected chi connectivity index (χ3v) is 9.73. The van der Waals surface area contributed by atoms with Crippen molar-refractivity contribution in [3.05, 3.63) is 65.7 Å². The van der Waals surface area contributed by atoms with Gasteiger partial charge in [0.2, 0.25) is 35.9 Å². The van der Waals surface area contributed by atoms with E-state index in [2.05, 4.69) is 31.9 Å². The summed E-state index contributed by atoms with van der Waals surface area (Å²) in [5, 5.41) is 35.3. The van der Waals surface area contributed by atoms with Crippen molar-refractivity contribution in [3.8, 4) is 5.75 Å². The molecular formula is C38H54N6O9S2. The van der Waals surface area contributed by atoms with Gasteiger partial charge in [0, 0.05) is 12.8 Å². The van der Waals surface area contributed by atoms with E-state index < -0.39 is 71.8 Å². The number of nitrogens with one attached hydrogen (secondary N) is 6. The standard InChI is InChI=1S/C38H54N6O9S2/c1-23(2)19-30(37(51)44-32(38(52)53)21-25-9-7-6-8-10-25)42-33(47)24(3)40-36(50)31(20-26-11-13-27(46)14-12-26)43-35(49)29(16-18-55-5)41-34(48)28(39-22-45)15-17-54-4/h6-14,22-24,28-32,46H,15-21H2,1-5H3,(H,39,45)(H,40,50)(H,41,48)(H,42,47)(H,43,49)(H,44,51)(H,52,53). The number of hydrogen-bond acceptors (Lipinski definition) is 10. The van der Waals surface area contributed by atoms with E-state index in [0.29, 0.717) is 35.5 Å². The van der Waals surface area contributed by atoms with E-state index in [4.69, 9.17) is 0 Å². The van der Waals surface area contributed by atoms with Crippen molar-refractivity contribution in [2.75, 3.05) is 24.0 Å². The summed E-state index contributed by atoms with van der Waals surface area (Å²) in [6, 6.07) is 8.04. The Morgan fingerprint density at radius 3 is 1.65 bits per heavy atom. The van der Waals surface area contributed by atoms with Crippen LogP contribution in [0.3, 0.4) is 0 Å². The largest absolute Gasteiger partial charge is 0.508 e. The first-order valence-corrected chi connectivity index (χ1v) is 20.7. The topological polar surface area (TPSA) is 232 Å². The average molecular weight is 803 g/mol. The van der Waals surface area contributed by atoms with Crippen LogP contribution in [0.25, 0.3) is 0 Å². The van der Waals surface area contributed by atoms with E-state index in [0.717, 1.165) is 0 Å². The summed E-state index contributed by atoms with van der Waals surface area (Å²) < 4.78 is 0. The van der Waals surface area contributed by atoms with Gasteiger partial charge in [0.1, 0.15) is 42.0 Å². The van der Waals surface area contributed by atoms with Gasteiger partial charge < -0.3 is 42.1 Å². The monoisotopic (exact) mass is 802 g/mol. The first kappa shape index (κ1) is 46.4. The second-order valence-electron chi connectivity index (χ2n) is 13.4. The SMILES string of the molecule is CSCCC(NC=O)C(=O)NC(CCSC)C(=O)NC(Cc1ccc(O)cc1)C(=O)NC(C)C(=O)NC(CC(C)C)C(=O)NC(Cc1ccccc1)C(=O)O. The number of rotatable bonds is 25.